The molecule has 0 radical (unpaired) electrons. The van der Waals surface area contributed by atoms with E-state index in [4.69, 9.17) is 4.74 Å². The van der Waals surface area contributed by atoms with Gasteiger partial charge in [-0.25, -0.2) is 0 Å². The third-order valence-corrected chi connectivity index (χ3v) is 5.04. The van der Waals surface area contributed by atoms with Gasteiger partial charge in [0.2, 0.25) is 5.91 Å². The average molecular weight is 279 g/mol. The molecular formula is C16H25NO3. The maximum absolute atomic E-state index is 11.9. The summed E-state index contributed by atoms with van der Waals surface area (Å²) in [5, 5.41) is 3.13. The summed E-state index contributed by atoms with van der Waals surface area (Å²) in [4.78, 5) is 23.5. The van der Waals surface area contributed by atoms with Crippen molar-refractivity contribution in [3.8, 4) is 0 Å². The molecule has 3 rings (SSSR count). The molecule has 3 saturated carbocycles. The fraction of sp³-hybridized carbons (Fsp3) is 0.875. The Morgan fingerprint density at radius 1 is 1.10 bits per heavy atom. The van der Waals surface area contributed by atoms with Crippen LogP contribution in [-0.2, 0) is 14.3 Å². The van der Waals surface area contributed by atoms with Crippen molar-refractivity contribution >= 4 is 11.9 Å². The van der Waals surface area contributed by atoms with Gasteiger partial charge < -0.3 is 10.1 Å². The van der Waals surface area contributed by atoms with Crippen molar-refractivity contribution in [2.45, 2.75) is 64.5 Å². The molecule has 0 aromatic carbocycles. The molecule has 0 aromatic rings. The lowest BCUT2D eigenvalue weighted by Gasteiger charge is -2.19. The van der Waals surface area contributed by atoms with Crippen LogP contribution in [0.3, 0.4) is 0 Å². The van der Waals surface area contributed by atoms with Crippen LogP contribution in [0.1, 0.15) is 52.9 Å². The number of nitrogens with one attached hydrogen (secondary N) is 1. The van der Waals surface area contributed by atoms with Gasteiger partial charge in [0.15, 0.2) is 0 Å². The fourth-order valence-corrected chi connectivity index (χ4v) is 4.38. The maximum atomic E-state index is 11.9. The number of fused-ring (bicyclic) bond motifs is 5. The Morgan fingerprint density at radius 3 is 2.25 bits per heavy atom. The van der Waals surface area contributed by atoms with Crippen molar-refractivity contribution in [3.63, 3.8) is 0 Å². The second kappa shape index (κ2) is 4.74. The highest BCUT2D eigenvalue weighted by Crippen LogP contribution is 2.65. The first-order chi connectivity index (χ1) is 9.35. The zero-order valence-electron chi connectivity index (χ0n) is 12.6. The van der Waals surface area contributed by atoms with Gasteiger partial charge in [0, 0.05) is 12.5 Å². The van der Waals surface area contributed by atoms with Crippen molar-refractivity contribution in [1.29, 1.82) is 0 Å². The number of rotatable bonds is 4. The van der Waals surface area contributed by atoms with Crippen molar-refractivity contribution in [2.24, 2.45) is 23.7 Å². The molecule has 0 spiro atoms. The summed E-state index contributed by atoms with van der Waals surface area (Å²) in [5.74, 6) is 2.94. The van der Waals surface area contributed by atoms with Crippen LogP contribution in [0, 0.1) is 23.7 Å². The van der Waals surface area contributed by atoms with Crippen LogP contribution in [0.25, 0.3) is 0 Å². The Balaban J connectivity index is 1.38. The standard InChI is InChI=1S/C16H25NO3/c1-16(2,3)20-12(19)7-6-11(18)17-15-13-9-4-5-10(8-9)14(13)15/h9-10,13-15H,4-8H2,1-3H3,(H,17,18). The topological polar surface area (TPSA) is 55.4 Å². The molecule has 0 heterocycles. The molecule has 0 aromatic heterocycles. The largest absolute Gasteiger partial charge is 0.460 e. The Bertz CT molecular complexity index is 410. The zero-order valence-corrected chi connectivity index (χ0v) is 12.6. The molecule has 1 N–H and O–H groups in total. The van der Waals surface area contributed by atoms with Crippen molar-refractivity contribution in [2.75, 3.05) is 0 Å². The summed E-state index contributed by atoms with van der Waals surface area (Å²) < 4.78 is 5.21. The predicted octanol–water partition coefficient (Wildman–Crippen LogP) is 2.27. The van der Waals surface area contributed by atoms with Gasteiger partial charge in [-0.2, -0.15) is 0 Å². The highest BCUT2D eigenvalue weighted by molar-refractivity contribution is 5.82. The molecule has 4 atom stereocenters. The van der Waals surface area contributed by atoms with E-state index in [0.29, 0.717) is 6.04 Å². The number of esters is 1. The molecule has 3 fully saturated rings. The predicted molar refractivity (Wildman–Crippen MR) is 74.8 cm³/mol. The number of hydrogen-bond acceptors (Lipinski definition) is 3. The van der Waals surface area contributed by atoms with Crippen LogP contribution >= 0.6 is 0 Å². The molecule has 4 nitrogen and oxygen atoms in total. The second-order valence-electron chi connectivity index (χ2n) is 7.67. The van der Waals surface area contributed by atoms with Gasteiger partial charge in [0.05, 0.1) is 6.42 Å². The Hall–Kier alpha value is -1.06. The normalized spacial score (nSPS) is 37.5. The van der Waals surface area contributed by atoms with Crippen molar-refractivity contribution in [1.82, 2.24) is 5.32 Å². The molecule has 4 unspecified atom stereocenters. The highest BCUT2D eigenvalue weighted by Gasteiger charge is 2.65. The second-order valence-corrected chi connectivity index (χ2v) is 7.67. The third kappa shape index (κ3) is 2.70. The van der Waals surface area contributed by atoms with Gasteiger partial charge in [-0.05, 0) is 63.7 Å². The van der Waals surface area contributed by atoms with Gasteiger partial charge in [0.25, 0.3) is 0 Å². The first kappa shape index (κ1) is 13.9. The Kier molecular flexibility index (Phi) is 3.30. The van der Waals surface area contributed by atoms with E-state index in [9.17, 15) is 9.59 Å². The number of amides is 1. The van der Waals surface area contributed by atoms with Crippen molar-refractivity contribution < 1.29 is 14.3 Å². The lowest BCUT2D eigenvalue weighted by molar-refractivity contribution is -0.155. The van der Waals surface area contributed by atoms with Crippen LogP contribution in [0.2, 0.25) is 0 Å². The van der Waals surface area contributed by atoms with Gasteiger partial charge in [-0.1, -0.05) is 0 Å². The summed E-state index contributed by atoms with van der Waals surface area (Å²) in [6.45, 7) is 5.52. The fourth-order valence-electron chi connectivity index (χ4n) is 4.38. The summed E-state index contributed by atoms with van der Waals surface area (Å²) >= 11 is 0. The molecule has 3 aliphatic carbocycles. The Labute approximate surface area is 120 Å². The van der Waals surface area contributed by atoms with E-state index in [-0.39, 0.29) is 24.7 Å². The van der Waals surface area contributed by atoms with Gasteiger partial charge >= 0.3 is 5.97 Å². The van der Waals surface area contributed by atoms with Gasteiger partial charge in [0.1, 0.15) is 5.60 Å². The minimum absolute atomic E-state index is 0.00894. The highest BCUT2D eigenvalue weighted by atomic mass is 16.6. The summed E-state index contributed by atoms with van der Waals surface area (Å²) in [5.41, 5.74) is -0.472. The minimum Gasteiger partial charge on any atom is -0.460 e. The van der Waals surface area contributed by atoms with Gasteiger partial charge in [-0.3, -0.25) is 9.59 Å². The van der Waals surface area contributed by atoms with E-state index in [0.717, 1.165) is 23.7 Å². The molecule has 0 saturated heterocycles. The molecule has 0 aliphatic heterocycles. The zero-order chi connectivity index (χ0) is 14.5. The van der Waals surface area contributed by atoms with E-state index in [1.807, 2.05) is 20.8 Å². The molecule has 4 heteroatoms. The molecule has 20 heavy (non-hydrogen) atoms. The maximum Gasteiger partial charge on any atom is 0.306 e. The molecule has 1 amide bonds. The van der Waals surface area contributed by atoms with E-state index in [1.165, 1.54) is 19.3 Å². The summed E-state index contributed by atoms with van der Waals surface area (Å²) in [6, 6.07) is 0.410. The number of ether oxygens (including phenoxy) is 1. The third-order valence-electron chi connectivity index (χ3n) is 5.04. The molecule has 2 bridgehead atoms. The van der Waals surface area contributed by atoms with E-state index in [1.54, 1.807) is 0 Å². The number of hydrogen-bond donors (Lipinski definition) is 1. The first-order valence-electron chi connectivity index (χ1n) is 7.86. The smallest absolute Gasteiger partial charge is 0.306 e. The summed E-state index contributed by atoms with van der Waals surface area (Å²) in [6.07, 6.45) is 4.53. The quantitative estimate of drug-likeness (QED) is 0.803. The van der Waals surface area contributed by atoms with Crippen LogP contribution in [-0.4, -0.2) is 23.5 Å². The van der Waals surface area contributed by atoms with Crippen LogP contribution < -0.4 is 5.32 Å². The number of carbonyl (C=O) groups excluding carboxylic acids is 2. The van der Waals surface area contributed by atoms with Crippen molar-refractivity contribution in [3.05, 3.63) is 0 Å². The lowest BCUT2D eigenvalue weighted by Crippen LogP contribution is -2.31. The van der Waals surface area contributed by atoms with Crippen LogP contribution in [0.15, 0.2) is 0 Å². The van der Waals surface area contributed by atoms with Gasteiger partial charge in [-0.15, -0.1) is 0 Å². The molecular weight excluding hydrogens is 254 g/mol. The average Bonchev–Trinajstić information content (AvgIpc) is 2.72. The van der Waals surface area contributed by atoms with E-state index in [2.05, 4.69) is 5.32 Å². The monoisotopic (exact) mass is 279 g/mol. The molecule has 112 valence electrons. The summed E-state index contributed by atoms with van der Waals surface area (Å²) in [7, 11) is 0. The SMILES string of the molecule is CC(C)(C)OC(=O)CCC(=O)NC1C2C3CCC(C3)C12. The van der Waals surface area contributed by atoms with Crippen LogP contribution in [0.4, 0.5) is 0 Å². The van der Waals surface area contributed by atoms with E-state index < -0.39 is 5.60 Å². The van der Waals surface area contributed by atoms with Crippen LogP contribution in [0.5, 0.6) is 0 Å². The first-order valence-corrected chi connectivity index (χ1v) is 7.86. The Morgan fingerprint density at radius 2 is 1.70 bits per heavy atom. The molecule has 3 aliphatic rings. The lowest BCUT2D eigenvalue weighted by atomic mass is 10.0. The number of carbonyl (C=O) groups is 2. The van der Waals surface area contributed by atoms with E-state index >= 15 is 0 Å². The minimum atomic E-state index is -0.472.